The van der Waals surface area contributed by atoms with Gasteiger partial charge in [0.05, 0.1) is 19.3 Å². The van der Waals surface area contributed by atoms with Crippen LogP contribution in [0.15, 0.2) is 28.7 Å². The summed E-state index contributed by atoms with van der Waals surface area (Å²) in [6.07, 6.45) is 0. The number of esters is 2. The molecule has 6 nitrogen and oxygen atoms in total. The van der Waals surface area contributed by atoms with E-state index in [9.17, 15) is 9.59 Å². The van der Waals surface area contributed by atoms with Gasteiger partial charge in [-0.15, -0.1) is 0 Å². The second kappa shape index (κ2) is 6.34. The van der Waals surface area contributed by atoms with Crippen LogP contribution in [0.2, 0.25) is 0 Å². The van der Waals surface area contributed by atoms with Crippen LogP contribution in [-0.2, 0) is 9.47 Å². The first-order valence-electron chi connectivity index (χ1n) is 6.73. The lowest BCUT2D eigenvalue weighted by Gasteiger charge is -2.06. The number of ether oxygens (including phenoxy) is 2. The van der Waals surface area contributed by atoms with Gasteiger partial charge in [0.25, 0.3) is 0 Å². The first-order chi connectivity index (χ1) is 10.5. The smallest absolute Gasteiger partial charge is 0.341 e. The summed E-state index contributed by atoms with van der Waals surface area (Å²) in [6, 6.07) is 6.45. The third kappa shape index (κ3) is 2.95. The number of carbonyl (C=O) groups is 2. The van der Waals surface area contributed by atoms with E-state index in [0.29, 0.717) is 28.3 Å². The van der Waals surface area contributed by atoms with Crippen molar-refractivity contribution in [3.05, 3.63) is 41.2 Å². The number of methoxy groups -OCH3 is 1. The maximum absolute atomic E-state index is 11.9. The fourth-order valence-electron chi connectivity index (χ4n) is 2.03. The molecule has 0 aliphatic rings. The highest BCUT2D eigenvalue weighted by atomic mass is 16.5. The molecule has 6 heteroatoms. The van der Waals surface area contributed by atoms with E-state index in [4.69, 9.17) is 14.9 Å². The molecule has 1 aromatic heterocycles. The standard InChI is InChI=1S/C16H17NO5/c1-4-21-16(19)12-7-10(5-6-13(12)17)14-8-11(9(2)22-14)15(18)20-3/h5-8H,4,17H2,1-3H3. The Morgan fingerprint density at radius 1 is 1.18 bits per heavy atom. The van der Waals surface area contributed by atoms with E-state index in [2.05, 4.69) is 4.74 Å². The Balaban J connectivity index is 2.43. The number of nitrogen functional groups attached to an aromatic ring is 1. The summed E-state index contributed by atoms with van der Waals surface area (Å²) in [7, 11) is 1.30. The molecule has 0 bridgehead atoms. The van der Waals surface area contributed by atoms with Gasteiger partial charge in [0.2, 0.25) is 0 Å². The van der Waals surface area contributed by atoms with Gasteiger partial charge in [0, 0.05) is 11.3 Å². The van der Waals surface area contributed by atoms with E-state index in [-0.39, 0.29) is 12.2 Å². The van der Waals surface area contributed by atoms with E-state index >= 15 is 0 Å². The van der Waals surface area contributed by atoms with Crippen molar-refractivity contribution in [2.24, 2.45) is 0 Å². The quantitative estimate of drug-likeness (QED) is 0.689. The van der Waals surface area contributed by atoms with Crippen molar-refractivity contribution < 1.29 is 23.5 Å². The second-order valence-electron chi connectivity index (χ2n) is 4.59. The van der Waals surface area contributed by atoms with E-state index in [1.807, 2.05) is 0 Å². The molecule has 0 aliphatic heterocycles. The molecule has 2 N–H and O–H groups in total. The lowest BCUT2D eigenvalue weighted by Crippen LogP contribution is -2.08. The summed E-state index contributed by atoms with van der Waals surface area (Å²) in [4.78, 5) is 23.5. The van der Waals surface area contributed by atoms with Gasteiger partial charge in [0.1, 0.15) is 17.1 Å². The summed E-state index contributed by atoms with van der Waals surface area (Å²) < 4.78 is 15.2. The predicted octanol–water partition coefficient (Wildman–Crippen LogP) is 2.80. The van der Waals surface area contributed by atoms with Gasteiger partial charge in [-0.3, -0.25) is 0 Å². The van der Waals surface area contributed by atoms with E-state index in [0.717, 1.165) is 0 Å². The maximum Gasteiger partial charge on any atom is 0.341 e. The molecule has 22 heavy (non-hydrogen) atoms. The molecule has 0 spiro atoms. The molecule has 0 amide bonds. The van der Waals surface area contributed by atoms with Crippen molar-refractivity contribution in [3.63, 3.8) is 0 Å². The molecule has 2 aromatic rings. The zero-order valence-corrected chi connectivity index (χ0v) is 12.6. The predicted molar refractivity (Wildman–Crippen MR) is 80.6 cm³/mol. The number of hydrogen-bond donors (Lipinski definition) is 1. The number of benzene rings is 1. The first-order valence-corrected chi connectivity index (χ1v) is 6.73. The van der Waals surface area contributed by atoms with E-state index in [1.165, 1.54) is 7.11 Å². The van der Waals surface area contributed by atoms with Crippen molar-refractivity contribution in [2.75, 3.05) is 19.5 Å². The van der Waals surface area contributed by atoms with E-state index in [1.54, 1.807) is 38.1 Å². The Labute approximate surface area is 127 Å². The highest BCUT2D eigenvalue weighted by Crippen LogP contribution is 2.28. The number of anilines is 1. The highest BCUT2D eigenvalue weighted by Gasteiger charge is 2.18. The highest BCUT2D eigenvalue weighted by molar-refractivity contribution is 5.97. The van der Waals surface area contributed by atoms with Gasteiger partial charge in [0.15, 0.2) is 0 Å². The second-order valence-corrected chi connectivity index (χ2v) is 4.59. The van der Waals surface area contributed by atoms with Crippen molar-refractivity contribution in [2.45, 2.75) is 13.8 Å². The van der Waals surface area contributed by atoms with Crippen LogP contribution in [0, 0.1) is 6.92 Å². The van der Waals surface area contributed by atoms with Crippen molar-refractivity contribution in [3.8, 4) is 11.3 Å². The number of carbonyl (C=O) groups excluding carboxylic acids is 2. The summed E-state index contributed by atoms with van der Waals surface area (Å²) in [5.74, 6) is -0.0910. The molecule has 116 valence electrons. The lowest BCUT2D eigenvalue weighted by atomic mass is 10.1. The molecular formula is C16H17NO5. The van der Waals surface area contributed by atoms with Gasteiger partial charge >= 0.3 is 11.9 Å². The fraction of sp³-hybridized carbons (Fsp3) is 0.250. The Hall–Kier alpha value is -2.76. The van der Waals surface area contributed by atoms with Crippen LogP contribution in [0.1, 0.15) is 33.4 Å². The van der Waals surface area contributed by atoms with Gasteiger partial charge in [-0.25, -0.2) is 9.59 Å². The van der Waals surface area contributed by atoms with Crippen molar-refractivity contribution in [1.82, 2.24) is 0 Å². The Morgan fingerprint density at radius 3 is 2.55 bits per heavy atom. The van der Waals surface area contributed by atoms with Crippen LogP contribution < -0.4 is 5.73 Å². The topological polar surface area (TPSA) is 91.8 Å². The minimum absolute atomic E-state index is 0.257. The first kappa shape index (κ1) is 15.6. The summed E-state index contributed by atoms with van der Waals surface area (Å²) in [5, 5.41) is 0. The third-order valence-corrected chi connectivity index (χ3v) is 3.16. The third-order valence-electron chi connectivity index (χ3n) is 3.16. The summed E-state index contributed by atoms with van der Waals surface area (Å²) in [6.45, 7) is 3.64. The molecule has 0 fully saturated rings. The molecule has 1 aromatic carbocycles. The van der Waals surface area contributed by atoms with Crippen LogP contribution in [0.25, 0.3) is 11.3 Å². The average molecular weight is 303 g/mol. The van der Waals surface area contributed by atoms with Gasteiger partial charge < -0.3 is 19.6 Å². The number of furan rings is 1. The Kier molecular flexibility index (Phi) is 4.50. The average Bonchev–Trinajstić information content (AvgIpc) is 2.89. The van der Waals surface area contributed by atoms with Crippen LogP contribution in [-0.4, -0.2) is 25.7 Å². The van der Waals surface area contributed by atoms with Crippen LogP contribution in [0.5, 0.6) is 0 Å². The molecule has 0 atom stereocenters. The van der Waals surface area contributed by atoms with Crippen molar-refractivity contribution in [1.29, 1.82) is 0 Å². The summed E-state index contributed by atoms with van der Waals surface area (Å²) >= 11 is 0. The van der Waals surface area contributed by atoms with Crippen molar-refractivity contribution >= 4 is 17.6 Å². The normalized spacial score (nSPS) is 10.3. The molecule has 0 unspecified atom stereocenters. The minimum Gasteiger partial charge on any atom is -0.465 e. The molecule has 0 radical (unpaired) electrons. The Morgan fingerprint density at radius 2 is 1.91 bits per heavy atom. The molecule has 0 saturated carbocycles. The number of hydrogen-bond acceptors (Lipinski definition) is 6. The lowest BCUT2D eigenvalue weighted by molar-refractivity contribution is 0.0526. The zero-order chi connectivity index (χ0) is 16.3. The fourth-order valence-corrected chi connectivity index (χ4v) is 2.03. The largest absolute Gasteiger partial charge is 0.465 e. The van der Waals surface area contributed by atoms with E-state index < -0.39 is 11.9 Å². The van der Waals surface area contributed by atoms with Gasteiger partial charge in [-0.1, -0.05) is 0 Å². The molecule has 1 heterocycles. The number of nitrogens with two attached hydrogens (primary N) is 1. The molecular weight excluding hydrogens is 286 g/mol. The molecule has 2 rings (SSSR count). The molecule has 0 saturated heterocycles. The SMILES string of the molecule is CCOC(=O)c1cc(-c2cc(C(=O)OC)c(C)o2)ccc1N. The number of rotatable bonds is 4. The minimum atomic E-state index is -0.502. The Bertz CT molecular complexity index is 717. The van der Waals surface area contributed by atoms with Crippen LogP contribution >= 0.6 is 0 Å². The monoisotopic (exact) mass is 303 g/mol. The summed E-state index contributed by atoms with van der Waals surface area (Å²) in [5.41, 5.74) is 7.33. The molecule has 0 aliphatic carbocycles. The van der Waals surface area contributed by atoms with Crippen LogP contribution in [0.4, 0.5) is 5.69 Å². The maximum atomic E-state index is 11.9. The number of aryl methyl sites for hydroxylation is 1. The van der Waals surface area contributed by atoms with Gasteiger partial charge in [-0.05, 0) is 38.1 Å². The van der Waals surface area contributed by atoms with Crippen LogP contribution in [0.3, 0.4) is 0 Å². The zero-order valence-electron chi connectivity index (χ0n) is 12.6. The van der Waals surface area contributed by atoms with Gasteiger partial charge in [-0.2, -0.15) is 0 Å².